The standard InChI is InChI=1S/C14H21N3O/c1-4-16-8-9-17(10-11(16)2)14-13(12(3)18)6-5-7-15-14/h5-7,11H,4,8-10H2,1-3H3. The number of Topliss-reactive ketones (excluding diaryl/α,β-unsaturated/α-hetero) is 1. The summed E-state index contributed by atoms with van der Waals surface area (Å²) in [6, 6.07) is 4.19. The van der Waals surface area contributed by atoms with Crippen molar-refractivity contribution in [3.63, 3.8) is 0 Å². The van der Waals surface area contributed by atoms with Crippen LogP contribution in [0.2, 0.25) is 0 Å². The maximum atomic E-state index is 11.6. The summed E-state index contributed by atoms with van der Waals surface area (Å²) < 4.78 is 0. The molecule has 18 heavy (non-hydrogen) atoms. The minimum atomic E-state index is 0.0867. The fourth-order valence-corrected chi connectivity index (χ4v) is 2.58. The molecule has 1 aromatic rings. The Bertz CT molecular complexity index is 433. The number of piperazine rings is 1. The van der Waals surface area contributed by atoms with Crippen LogP contribution < -0.4 is 4.90 Å². The summed E-state index contributed by atoms with van der Waals surface area (Å²) >= 11 is 0. The monoisotopic (exact) mass is 247 g/mol. The summed E-state index contributed by atoms with van der Waals surface area (Å²) in [4.78, 5) is 20.7. The van der Waals surface area contributed by atoms with Crippen molar-refractivity contribution in [2.24, 2.45) is 0 Å². The van der Waals surface area contributed by atoms with Crippen molar-refractivity contribution in [1.29, 1.82) is 0 Å². The van der Waals surface area contributed by atoms with Crippen molar-refractivity contribution in [3.8, 4) is 0 Å². The minimum absolute atomic E-state index is 0.0867. The van der Waals surface area contributed by atoms with Crippen LogP contribution in [-0.2, 0) is 0 Å². The van der Waals surface area contributed by atoms with Crippen LogP contribution in [0.15, 0.2) is 18.3 Å². The second-order valence-electron chi connectivity index (χ2n) is 4.85. The second kappa shape index (κ2) is 5.48. The van der Waals surface area contributed by atoms with Crippen molar-refractivity contribution < 1.29 is 4.79 Å². The van der Waals surface area contributed by atoms with Crippen molar-refractivity contribution in [3.05, 3.63) is 23.9 Å². The van der Waals surface area contributed by atoms with Crippen LogP contribution in [0, 0.1) is 0 Å². The number of anilines is 1. The van der Waals surface area contributed by atoms with E-state index in [2.05, 4.69) is 28.6 Å². The SMILES string of the molecule is CCN1CCN(c2ncccc2C(C)=O)CC1C. The number of pyridine rings is 1. The van der Waals surface area contributed by atoms with Crippen LogP contribution in [0.4, 0.5) is 5.82 Å². The summed E-state index contributed by atoms with van der Waals surface area (Å²) in [5.41, 5.74) is 0.731. The zero-order valence-electron chi connectivity index (χ0n) is 11.4. The molecule has 98 valence electrons. The maximum Gasteiger partial charge on any atom is 0.163 e. The molecule has 4 heteroatoms. The summed E-state index contributed by atoms with van der Waals surface area (Å²) in [5, 5.41) is 0. The third-order valence-corrected chi connectivity index (χ3v) is 3.64. The van der Waals surface area contributed by atoms with Gasteiger partial charge in [0.25, 0.3) is 0 Å². The number of ketones is 1. The van der Waals surface area contributed by atoms with Crippen LogP contribution in [0.5, 0.6) is 0 Å². The molecule has 0 aliphatic carbocycles. The molecule has 1 aromatic heterocycles. The van der Waals surface area contributed by atoms with Crippen molar-refractivity contribution in [1.82, 2.24) is 9.88 Å². The van der Waals surface area contributed by atoms with Crippen LogP contribution >= 0.6 is 0 Å². The normalized spacial score (nSPS) is 21.1. The number of hydrogen-bond donors (Lipinski definition) is 0. The highest BCUT2D eigenvalue weighted by molar-refractivity contribution is 5.98. The molecule has 0 spiro atoms. The van der Waals surface area contributed by atoms with Gasteiger partial charge in [0.15, 0.2) is 5.78 Å². The number of aromatic nitrogens is 1. The Labute approximate surface area is 109 Å². The summed E-state index contributed by atoms with van der Waals surface area (Å²) in [7, 11) is 0. The predicted molar refractivity (Wildman–Crippen MR) is 73.2 cm³/mol. The lowest BCUT2D eigenvalue weighted by atomic mass is 10.1. The first-order valence-electron chi connectivity index (χ1n) is 6.58. The largest absolute Gasteiger partial charge is 0.353 e. The molecule has 4 nitrogen and oxygen atoms in total. The number of carbonyl (C=O) groups excluding carboxylic acids is 1. The molecule has 1 aliphatic heterocycles. The van der Waals surface area contributed by atoms with E-state index in [0.29, 0.717) is 6.04 Å². The van der Waals surface area contributed by atoms with Crippen molar-refractivity contribution >= 4 is 11.6 Å². The Morgan fingerprint density at radius 3 is 2.89 bits per heavy atom. The lowest BCUT2D eigenvalue weighted by Gasteiger charge is -2.40. The van der Waals surface area contributed by atoms with E-state index >= 15 is 0 Å². The van der Waals surface area contributed by atoms with E-state index in [4.69, 9.17) is 0 Å². The van der Waals surface area contributed by atoms with Gasteiger partial charge in [-0.2, -0.15) is 0 Å². The van der Waals surface area contributed by atoms with Crippen LogP contribution in [-0.4, -0.2) is 47.9 Å². The third-order valence-electron chi connectivity index (χ3n) is 3.64. The predicted octanol–water partition coefficient (Wildman–Crippen LogP) is 1.81. The second-order valence-corrected chi connectivity index (χ2v) is 4.85. The van der Waals surface area contributed by atoms with Gasteiger partial charge >= 0.3 is 0 Å². The number of rotatable bonds is 3. The fourth-order valence-electron chi connectivity index (χ4n) is 2.58. The lowest BCUT2D eigenvalue weighted by Crippen LogP contribution is -2.52. The first-order valence-corrected chi connectivity index (χ1v) is 6.58. The minimum Gasteiger partial charge on any atom is -0.353 e. The molecular weight excluding hydrogens is 226 g/mol. The average molecular weight is 247 g/mol. The maximum absolute atomic E-state index is 11.6. The molecule has 1 atom stereocenters. The number of nitrogens with zero attached hydrogens (tertiary/aromatic N) is 3. The van der Waals surface area contributed by atoms with Gasteiger partial charge in [-0.15, -0.1) is 0 Å². The molecule has 0 aromatic carbocycles. The Hall–Kier alpha value is -1.42. The van der Waals surface area contributed by atoms with Crippen LogP contribution in [0.1, 0.15) is 31.1 Å². The zero-order valence-corrected chi connectivity index (χ0v) is 11.4. The van der Waals surface area contributed by atoms with Gasteiger partial charge in [-0.1, -0.05) is 6.92 Å². The summed E-state index contributed by atoms with van der Waals surface area (Å²) in [6.45, 7) is 10.0. The van der Waals surface area contributed by atoms with E-state index in [1.54, 1.807) is 13.1 Å². The Balaban J connectivity index is 2.20. The molecular formula is C14H21N3O. The average Bonchev–Trinajstić information content (AvgIpc) is 2.38. The Morgan fingerprint density at radius 1 is 1.50 bits per heavy atom. The quantitative estimate of drug-likeness (QED) is 0.763. The van der Waals surface area contributed by atoms with Gasteiger partial charge in [0, 0.05) is 31.9 Å². The summed E-state index contributed by atoms with van der Waals surface area (Å²) in [6.07, 6.45) is 1.76. The van der Waals surface area contributed by atoms with Gasteiger partial charge in [0.1, 0.15) is 5.82 Å². The molecule has 1 unspecified atom stereocenters. The molecule has 1 saturated heterocycles. The van der Waals surface area contributed by atoms with E-state index in [-0.39, 0.29) is 5.78 Å². The van der Waals surface area contributed by atoms with E-state index in [1.807, 2.05) is 12.1 Å². The molecule has 2 rings (SSSR count). The van der Waals surface area contributed by atoms with Crippen LogP contribution in [0.25, 0.3) is 0 Å². The third kappa shape index (κ3) is 2.53. The first kappa shape index (κ1) is 13.0. The molecule has 0 N–H and O–H groups in total. The van der Waals surface area contributed by atoms with Crippen molar-refractivity contribution in [2.75, 3.05) is 31.1 Å². The van der Waals surface area contributed by atoms with Gasteiger partial charge in [-0.05, 0) is 32.5 Å². The lowest BCUT2D eigenvalue weighted by molar-refractivity contribution is 0.101. The Morgan fingerprint density at radius 2 is 2.28 bits per heavy atom. The van der Waals surface area contributed by atoms with E-state index in [1.165, 1.54) is 0 Å². The molecule has 1 aliphatic rings. The van der Waals surface area contributed by atoms with Gasteiger partial charge in [-0.25, -0.2) is 4.98 Å². The number of hydrogen-bond acceptors (Lipinski definition) is 4. The van der Waals surface area contributed by atoms with Crippen molar-refractivity contribution in [2.45, 2.75) is 26.8 Å². The van der Waals surface area contributed by atoms with Gasteiger partial charge in [0.2, 0.25) is 0 Å². The molecule has 0 bridgehead atoms. The van der Waals surface area contributed by atoms with Crippen LogP contribution in [0.3, 0.4) is 0 Å². The topological polar surface area (TPSA) is 36.4 Å². The highest BCUT2D eigenvalue weighted by Gasteiger charge is 2.25. The number of likely N-dealkylation sites (N-methyl/N-ethyl adjacent to an activating group) is 1. The Kier molecular flexibility index (Phi) is 3.97. The highest BCUT2D eigenvalue weighted by Crippen LogP contribution is 2.21. The van der Waals surface area contributed by atoms with E-state index in [0.717, 1.165) is 37.6 Å². The highest BCUT2D eigenvalue weighted by atomic mass is 16.1. The molecule has 0 saturated carbocycles. The van der Waals surface area contributed by atoms with Gasteiger partial charge in [-0.3, -0.25) is 9.69 Å². The fraction of sp³-hybridized carbons (Fsp3) is 0.571. The summed E-state index contributed by atoms with van der Waals surface area (Å²) in [5.74, 6) is 0.927. The smallest absolute Gasteiger partial charge is 0.163 e. The number of carbonyl (C=O) groups is 1. The van der Waals surface area contributed by atoms with E-state index < -0.39 is 0 Å². The zero-order chi connectivity index (χ0) is 13.1. The van der Waals surface area contributed by atoms with E-state index in [9.17, 15) is 4.79 Å². The van der Waals surface area contributed by atoms with Gasteiger partial charge < -0.3 is 4.90 Å². The molecule has 1 fully saturated rings. The molecule has 0 amide bonds. The first-order chi connectivity index (χ1) is 8.63. The molecule has 0 radical (unpaired) electrons. The van der Waals surface area contributed by atoms with Gasteiger partial charge in [0.05, 0.1) is 5.56 Å². The molecule has 2 heterocycles.